The molecule has 1 N–H and O–H groups in total. The lowest BCUT2D eigenvalue weighted by Crippen LogP contribution is -2.37. The molecule has 1 fully saturated rings. The van der Waals surface area contributed by atoms with Gasteiger partial charge in [-0.25, -0.2) is 4.98 Å². The number of rotatable bonds is 4. The monoisotopic (exact) mass is 346 g/mol. The summed E-state index contributed by atoms with van der Waals surface area (Å²) in [5, 5.41) is 3.90. The van der Waals surface area contributed by atoms with E-state index < -0.39 is 0 Å². The van der Waals surface area contributed by atoms with Crippen molar-refractivity contribution in [3.8, 4) is 0 Å². The number of nitrogens with one attached hydrogen (secondary N) is 1. The van der Waals surface area contributed by atoms with E-state index in [0.29, 0.717) is 44.2 Å². The number of aryl methyl sites for hydroxylation is 2. The van der Waals surface area contributed by atoms with E-state index in [0.717, 1.165) is 11.3 Å². The first kappa shape index (κ1) is 17.3. The van der Waals surface area contributed by atoms with Gasteiger partial charge >= 0.3 is 0 Å². The van der Waals surface area contributed by atoms with Gasteiger partial charge in [0, 0.05) is 36.3 Å². The predicted octanol–water partition coefficient (Wildman–Crippen LogP) is 0.635. The Bertz CT molecular complexity index is 778. The van der Waals surface area contributed by atoms with Crippen LogP contribution in [0.2, 0.25) is 0 Å². The molecule has 0 aliphatic carbocycles. The van der Waals surface area contributed by atoms with Crippen LogP contribution >= 0.6 is 0 Å². The average Bonchev–Trinajstić information content (AvgIpc) is 2.78. The first-order valence-corrected chi connectivity index (χ1v) is 8.34. The van der Waals surface area contributed by atoms with E-state index in [9.17, 15) is 9.59 Å². The maximum atomic E-state index is 12.7. The Hall–Kier alpha value is -2.48. The molecular formula is C17H22N4O4. The number of H-pyrrole nitrogens is 1. The summed E-state index contributed by atoms with van der Waals surface area (Å²) in [5.74, 6) is 0.815. The van der Waals surface area contributed by atoms with Gasteiger partial charge in [0.15, 0.2) is 0 Å². The van der Waals surface area contributed by atoms with Gasteiger partial charge in [0.25, 0.3) is 5.56 Å². The van der Waals surface area contributed by atoms with Gasteiger partial charge in [-0.2, -0.15) is 0 Å². The predicted molar refractivity (Wildman–Crippen MR) is 89.1 cm³/mol. The second-order valence-electron chi connectivity index (χ2n) is 6.37. The smallest absolute Gasteiger partial charge is 0.250 e. The van der Waals surface area contributed by atoms with Crippen molar-refractivity contribution >= 4 is 5.91 Å². The Morgan fingerprint density at radius 3 is 3.00 bits per heavy atom. The van der Waals surface area contributed by atoms with Crippen molar-refractivity contribution in [2.45, 2.75) is 26.7 Å². The van der Waals surface area contributed by atoms with Crippen LogP contribution in [0.5, 0.6) is 0 Å². The summed E-state index contributed by atoms with van der Waals surface area (Å²) < 4.78 is 10.8. The third-order valence-electron chi connectivity index (χ3n) is 4.43. The number of amides is 1. The zero-order valence-corrected chi connectivity index (χ0v) is 14.4. The first-order valence-electron chi connectivity index (χ1n) is 8.34. The molecule has 1 saturated heterocycles. The van der Waals surface area contributed by atoms with Crippen molar-refractivity contribution in [3.05, 3.63) is 45.5 Å². The van der Waals surface area contributed by atoms with E-state index in [-0.39, 0.29) is 23.8 Å². The van der Waals surface area contributed by atoms with Crippen LogP contribution < -0.4 is 5.56 Å². The maximum Gasteiger partial charge on any atom is 0.250 e. The number of hydrogen-bond donors (Lipinski definition) is 1. The summed E-state index contributed by atoms with van der Waals surface area (Å²) in [6.45, 7) is 5.84. The summed E-state index contributed by atoms with van der Waals surface area (Å²) in [6, 6.07) is 1.49. The molecule has 0 radical (unpaired) electrons. The van der Waals surface area contributed by atoms with Crippen molar-refractivity contribution in [1.82, 2.24) is 20.0 Å². The van der Waals surface area contributed by atoms with E-state index in [1.165, 1.54) is 12.4 Å². The van der Waals surface area contributed by atoms with Crippen LogP contribution in [0.3, 0.4) is 0 Å². The van der Waals surface area contributed by atoms with Crippen molar-refractivity contribution in [3.63, 3.8) is 0 Å². The SMILES string of the molecule is Cc1noc(C)c1CC(=O)N1CCOC[C@@H](Cc2cc(=O)[nH]cn2)C1. The van der Waals surface area contributed by atoms with Gasteiger partial charge in [0.2, 0.25) is 5.91 Å². The Kier molecular flexibility index (Phi) is 5.28. The molecule has 2 aromatic rings. The molecule has 3 rings (SSSR count). The fraction of sp³-hybridized carbons (Fsp3) is 0.529. The topological polar surface area (TPSA) is 101 Å². The Labute approximate surface area is 145 Å². The van der Waals surface area contributed by atoms with E-state index in [2.05, 4.69) is 15.1 Å². The largest absolute Gasteiger partial charge is 0.379 e. The summed E-state index contributed by atoms with van der Waals surface area (Å²) >= 11 is 0. The Morgan fingerprint density at radius 2 is 2.28 bits per heavy atom. The number of hydrogen-bond acceptors (Lipinski definition) is 6. The standard InChI is InChI=1S/C17H22N4O4/c1-11-15(12(2)25-20-11)7-17(23)21-3-4-24-9-13(8-21)5-14-6-16(22)19-10-18-14/h6,10,13H,3-5,7-9H2,1-2H3,(H,18,19,22)/t13-/m0/s1. The van der Waals surface area contributed by atoms with E-state index >= 15 is 0 Å². The van der Waals surface area contributed by atoms with Gasteiger partial charge in [-0.1, -0.05) is 5.16 Å². The van der Waals surface area contributed by atoms with Crippen molar-refractivity contribution < 1.29 is 14.1 Å². The molecule has 0 bridgehead atoms. The van der Waals surface area contributed by atoms with Crippen molar-refractivity contribution in [2.24, 2.45) is 5.92 Å². The van der Waals surface area contributed by atoms with Gasteiger partial charge in [0.1, 0.15) is 5.76 Å². The molecule has 134 valence electrons. The highest BCUT2D eigenvalue weighted by Gasteiger charge is 2.25. The minimum Gasteiger partial charge on any atom is -0.379 e. The van der Waals surface area contributed by atoms with Crippen LogP contribution in [0, 0.1) is 19.8 Å². The van der Waals surface area contributed by atoms with Crippen molar-refractivity contribution in [2.75, 3.05) is 26.3 Å². The van der Waals surface area contributed by atoms with E-state index in [1.807, 2.05) is 18.7 Å². The lowest BCUT2D eigenvalue weighted by Gasteiger charge is -2.23. The van der Waals surface area contributed by atoms with Gasteiger partial charge in [-0.05, 0) is 20.3 Å². The minimum atomic E-state index is -0.175. The molecule has 0 unspecified atom stereocenters. The second kappa shape index (κ2) is 7.60. The van der Waals surface area contributed by atoms with Crippen LogP contribution in [0.25, 0.3) is 0 Å². The fourth-order valence-electron chi connectivity index (χ4n) is 3.06. The number of carbonyl (C=O) groups excluding carboxylic acids is 1. The second-order valence-corrected chi connectivity index (χ2v) is 6.37. The lowest BCUT2D eigenvalue weighted by molar-refractivity contribution is -0.130. The lowest BCUT2D eigenvalue weighted by atomic mass is 10.0. The number of aromatic amines is 1. The Balaban J connectivity index is 1.67. The van der Waals surface area contributed by atoms with Gasteiger partial charge in [0.05, 0.1) is 31.7 Å². The number of nitrogens with zero attached hydrogens (tertiary/aromatic N) is 3. The van der Waals surface area contributed by atoms with Crippen LogP contribution in [0.15, 0.2) is 21.7 Å². The molecule has 1 atom stereocenters. The zero-order chi connectivity index (χ0) is 17.8. The highest BCUT2D eigenvalue weighted by molar-refractivity contribution is 5.79. The molecule has 1 aliphatic rings. The number of ether oxygens (including phenoxy) is 1. The molecule has 25 heavy (non-hydrogen) atoms. The Morgan fingerprint density at radius 1 is 1.44 bits per heavy atom. The average molecular weight is 346 g/mol. The molecule has 0 aromatic carbocycles. The normalized spacial score (nSPS) is 18.2. The molecule has 8 nitrogen and oxygen atoms in total. The summed E-state index contributed by atoms with van der Waals surface area (Å²) in [7, 11) is 0. The maximum absolute atomic E-state index is 12.7. The fourth-order valence-corrected chi connectivity index (χ4v) is 3.06. The highest BCUT2D eigenvalue weighted by Crippen LogP contribution is 2.17. The zero-order valence-electron chi connectivity index (χ0n) is 14.4. The third-order valence-corrected chi connectivity index (χ3v) is 4.43. The molecule has 3 heterocycles. The molecule has 1 aliphatic heterocycles. The molecule has 0 saturated carbocycles. The van der Waals surface area contributed by atoms with Crippen LogP contribution in [0.1, 0.15) is 22.7 Å². The van der Waals surface area contributed by atoms with E-state index in [1.54, 1.807) is 0 Å². The first-order chi connectivity index (χ1) is 12.0. The quantitative estimate of drug-likeness (QED) is 0.871. The molecular weight excluding hydrogens is 324 g/mol. The van der Waals surface area contributed by atoms with E-state index in [4.69, 9.17) is 9.26 Å². The highest BCUT2D eigenvalue weighted by atomic mass is 16.5. The van der Waals surface area contributed by atoms with Gasteiger partial charge in [-0.15, -0.1) is 0 Å². The van der Waals surface area contributed by atoms with Gasteiger partial charge < -0.3 is 19.1 Å². The summed E-state index contributed by atoms with van der Waals surface area (Å²) in [6.07, 6.45) is 2.27. The van der Waals surface area contributed by atoms with Crippen LogP contribution in [-0.2, 0) is 22.4 Å². The van der Waals surface area contributed by atoms with Crippen LogP contribution in [0.4, 0.5) is 0 Å². The molecule has 1 amide bonds. The van der Waals surface area contributed by atoms with Gasteiger partial charge in [-0.3, -0.25) is 9.59 Å². The van der Waals surface area contributed by atoms with Crippen LogP contribution in [-0.4, -0.2) is 52.2 Å². The van der Waals surface area contributed by atoms with Crippen molar-refractivity contribution in [1.29, 1.82) is 0 Å². The summed E-state index contributed by atoms with van der Waals surface area (Å²) in [4.78, 5) is 32.6. The molecule has 8 heteroatoms. The molecule has 2 aromatic heterocycles. The molecule has 0 spiro atoms. The number of aromatic nitrogens is 3. The summed E-state index contributed by atoms with van der Waals surface area (Å²) in [5.41, 5.74) is 2.13. The minimum absolute atomic E-state index is 0.0313. The third kappa shape index (κ3) is 4.33. The number of carbonyl (C=O) groups is 1.